The molecule has 0 saturated carbocycles. The van der Waals surface area contributed by atoms with Crippen molar-refractivity contribution < 1.29 is 42.9 Å². The molecular weight excluding hydrogens is 1100 g/mol. The minimum Gasteiger partial charge on any atom is -0.545 e. The first kappa shape index (κ1) is 84.4. The zero-order valence-electron chi connectivity index (χ0n) is 58.0. The van der Waals surface area contributed by atoms with E-state index >= 15 is 0 Å². The standard InChI is InChI=1S/C80H135NO8/c1-6-8-10-12-14-16-18-20-22-24-26-28-30-31-32-33-34-35-36-37-38-39-40-41-42-43-44-45-46-47-49-50-52-54-56-58-60-62-64-66-68-70-77(82)87-74-76(75-88-80(79(84)85)86-73-72-81(3,4)5)89-78(83)71-69-67-65-63-61-59-57-55-53-51-48-29-27-25-23-21-19-17-15-13-11-9-7-2/h8-11,14-17,20-23,26-29,31-32,51,53,57,59,76,80H,6-7,12-13,18-19,24-25,30,33-50,52,54-56,58,60-75H2,1-5H3/b10-8-,11-9-,16-14-,17-15-,22-20-,23-21-,28-26-,29-27-,32-31-,53-51-,59-57-. The summed E-state index contributed by atoms with van der Waals surface area (Å²) in [6.07, 6.45) is 97.0. The molecule has 0 amide bonds. The Kier molecular flexibility index (Phi) is 65.8. The summed E-state index contributed by atoms with van der Waals surface area (Å²) in [5.41, 5.74) is 0. The number of carbonyl (C=O) groups is 3. The predicted octanol–water partition coefficient (Wildman–Crippen LogP) is 21.6. The van der Waals surface area contributed by atoms with E-state index in [4.69, 9.17) is 18.9 Å². The van der Waals surface area contributed by atoms with Crippen molar-refractivity contribution in [3.8, 4) is 0 Å². The van der Waals surface area contributed by atoms with Crippen molar-refractivity contribution in [1.82, 2.24) is 0 Å². The van der Waals surface area contributed by atoms with Crippen LogP contribution in [0.15, 0.2) is 134 Å². The maximum absolute atomic E-state index is 12.9. The summed E-state index contributed by atoms with van der Waals surface area (Å²) in [5, 5.41) is 11.8. The second-order valence-corrected chi connectivity index (χ2v) is 25.1. The maximum Gasteiger partial charge on any atom is 0.306 e. The summed E-state index contributed by atoms with van der Waals surface area (Å²) < 4.78 is 22.8. The predicted molar refractivity (Wildman–Crippen MR) is 379 cm³/mol. The Morgan fingerprint density at radius 1 is 0.337 bits per heavy atom. The SMILES string of the molecule is CC/C=C\C/C=C\C/C=C\C/C=C\C/C=C\C/C=C\CCCCCCC(=O)OC(COC(=O)CCCCCCCCCCCCCCCCCCCCCCCCCCC/C=C\C/C=C\C/C=C\C/C=C\C/C=C\CC)COC(OCC[N+](C)(C)C)C(=O)[O-]. The quantitative estimate of drug-likeness (QED) is 0.0195. The molecule has 0 N–H and O–H groups in total. The van der Waals surface area contributed by atoms with Crippen molar-refractivity contribution in [1.29, 1.82) is 0 Å². The molecule has 9 heteroatoms. The second kappa shape index (κ2) is 69.3. The topological polar surface area (TPSA) is 111 Å². The lowest BCUT2D eigenvalue weighted by Gasteiger charge is -2.26. The fourth-order valence-electron chi connectivity index (χ4n) is 9.92. The molecule has 0 radical (unpaired) electrons. The van der Waals surface area contributed by atoms with Crippen molar-refractivity contribution in [3.05, 3.63) is 134 Å². The highest BCUT2D eigenvalue weighted by atomic mass is 16.7. The van der Waals surface area contributed by atoms with E-state index in [1.807, 2.05) is 21.1 Å². The third-order valence-corrected chi connectivity index (χ3v) is 15.4. The first-order valence-electron chi connectivity index (χ1n) is 36.3. The third-order valence-electron chi connectivity index (χ3n) is 15.4. The van der Waals surface area contributed by atoms with Crippen LogP contribution in [0.2, 0.25) is 0 Å². The Labute approximate surface area is 548 Å². The highest BCUT2D eigenvalue weighted by Gasteiger charge is 2.22. The van der Waals surface area contributed by atoms with Crippen LogP contribution >= 0.6 is 0 Å². The van der Waals surface area contributed by atoms with Gasteiger partial charge in [-0.2, -0.15) is 0 Å². The molecule has 0 aromatic carbocycles. The van der Waals surface area contributed by atoms with Gasteiger partial charge in [0.25, 0.3) is 0 Å². The summed E-state index contributed by atoms with van der Waals surface area (Å²) >= 11 is 0. The molecule has 0 aliphatic rings. The van der Waals surface area contributed by atoms with Crippen molar-refractivity contribution >= 4 is 17.9 Å². The minimum atomic E-state index is -1.64. The average Bonchev–Trinajstić information content (AvgIpc) is 3.64. The Hall–Kier alpha value is -4.57. The number of carbonyl (C=O) groups excluding carboxylic acids is 3. The number of unbranched alkanes of at least 4 members (excludes halogenated alkanes) is 29. The van der Waals surface area contributed by atoms with Crippen molar-refractivity contribution in [2.45, 2.75) is 309 Å². The van der Waals surface area contributed by atoms with Crippen LogP contribution in [0.25, 0.3) is 0 Å². The second-order valence-electron chi connectivity index (χ2n) is 25.1. The Morgan fingerprint density at radius 3 is 0.899 bits per heavy atom. The van der Waals surface area contributed by atoms with Crippen LogP contribution < -0.4 is 5.11 Å². The van der Waals surface area contributed by atoms with Crippen LogP contribution in [-0.4, -0.2) is 82.3 Å². The summed E-state index contributed by atoms with van der Waals surface area (Å²) in [6.45, 7) is 4.50. The van der Waals surface area contributed by atoms with Crippen LogP contribution in [0.4, 0.5) is 0 Å². The van der Waals surface area contributed by atoms with Crippen molar-refractivity contribution in [2.24, 2.45) is 0 Å². The normalized spacial score (nSPS) is 13.5. The highest BCUT2D eigenvalue weighted by molar-refractivity contribution is 5.70. The molecule has 0 aromatic rings. The van der Waals surface area contributed by atoms with Gasteiger partial charge in [0.15, 0.2) is 12.4 Å². The van der Waals surface area contributed by atoms with Crippen molar-refractivity contribution in [3.63, 3.8) is 0 Å². The van der Waals surface area contributed by atoms with E-state index in [0.29, 0.717) is 17.4 Å². The lowest BCUT2D eigenvalue weighted by Crippen LogP contribution is -2.44. The number of likely N-dealkylation sites (N-methyl/N-ethyl adjacent to an activating group) is 1. The molecule has 2 unspecified atom stereocenters. The first-order chi connectivity index (χ1) is 43.6. The third kappa shape index (κ3) is 70.7. The Morgan fingerprint density at radius 2 is 0.607 bits per heavy atom. The number of allylic oxidation sites excluding steroid dienone is 22. The lowest BCUT2D eigenvalue weighted by molar-refractivity contribution is -0.870. The zero-order chi connectivity index (χ0) is 64.7. The number of nitrogens with zero attached hydrogens (tertiary/aromatic N) is 1. The van der Waals surface area contributed by atoms with E-state index in [2.05, 4.69) is 148 Å². The Bertz CT molecular complexity index is 1930. The number of hydrogen-bond acceptors (Lipinski definition) is 8. The van der Waals surface area contributed by atoms with Gasteiger partial charge in [0, 0.05) is 12.8 Å². The molecule has 2 atom stereocenters. The molecule has 0 spiro atoms. The molecule has 0 aromatic heterocycles. The van der Waals surface area contributed by atoms with E-state index in [9.17, 15) is 19.5 Å². The van der Waals surface area contributed by atoms with Gasteiger partial charge in [0.05, 0.1) is 40.3 Å². The van der Waals surface area contributed by atoms with Gasteiger partial charge in [-0.25, -0.2) is 0 Å². The number of ether oxygens (including phenoxy) is 4. The number of carboxylic acid groups (broad SMARTS) is 1. The number of aliphatic carboxylic acids is 1. The fraction of sp³-hybridized carbons (Fsp3) is 0.688. The van der Waals surface area contributed by atoms with Crippen LogP contribution in [0.1, 0.15) is 296 Å². The molecular formula is C80H135NO8. The monoisotopic (exact) mass is 1240 g/mol. The number of rotatable bonds is 66. The van der Waals surface area contributed by atoms with Gasteiger partial charge in [-0.3, -0.25) is 9.59 Å². The molecule has 0 fully saturated rings. The number of carboxylic acids is 1. The van der Waals surface area contributed by atoms with E-state index < -0.39 is 24.3 Å². The first-order valence-corrected chi connectivity index (χ1v) is 36.3. The fourth-order valence-corrected chi connectivity index (χ4v) is 9.92. The van der Waals surface area contributed by atoms with Crippen LogP contribution in [0, 0.1) is 0 Å². The molecule has 89 heavy (non-hydrogen) atoms. The summed E-state index contributed by atoms with van der Waals surface area (Å²) in [6, 6.07) is 0. The number of esters is 2. The van der Waals surface area contributed by atoms with Crippen LogP contribution in [0.3, 0.4) is 0 Å². The van der Waals surface area contributed by atoms with Gasteiger partial charge in [0.1, 0.15) is 13.2 Å². The van der Waals surface area contributed by atoms with Crippen molar-refractivity contribution in [2.75, 3.05) is 47.5 Å². The van der Waals surface area contributed by atoms with E-state index in [0.717, 1.165) is 116 Å². The molecule has 508 valence electrons. The largest absolute Gasteiger partial charge is 0.545 e. The van der Waals surface area contributed by atoms with E-state index in [1.165, 1.54) is 148 Å². The van der Waals surface area contributed by atoms with Gasteiger partial charge >= 0.3 is 11.9 Å². The molecule has 0 aliphatic heterocycles. The van der Waals surface area contributed by atoms with E-state index in [1.54, 1.807) is 0 Å². The van der Waals surface area contributed by atoms with Gasteiger partial charge in [-0.1, -0.05) is 308 Å². The number of hydrogen-bond donors (Lipinski definition) is 0. The summed E-state index contributed by atoms with van der Waals surface area (Å²) in [7, 11) is 5.92. The molecule has 0 saturated heterocycles. The highest BCUT2D eigenvalue weighted by Crippen LogP contribution is 2.18. The molecule has 0 aliphatic carbocycles. The minimum absolute atomic E-state index is 0.138. The Balaban J connectivity index is 4.03. The average molecular weight is 1240 g/mol. The van der Waals surface area contributed by atoms with Gasteiger partial charge in [-0.05, 0) is 109 Å². The molecule has 9 nitrogen and oxygen atoms in total. The van der Waals surface area contributed by atoms with E-state index in [-0.39, 0.29) is 38.6 Å². The van der Waals surface area contributed by atoms with Crippen LogP contribution in [-0.2, 0) is 33.3 Å². The molecule has 0 bridgehead atoms. The molecule has 0 heterocycles. The van der Waals surface area contributed by atoms with Crippen LogP contribution in [0.5, 0.6) is 0 Å². The summed E-state index contributed by atoms with van der Waals surface area (Å²) in [5.74, 6) is -2.32. The zero-order valence-corrected chi connectivity index (χ0v) is 58.0. The summed E-state index contributed by atoms with van der Waals surface area (Å²) in [4.78, 5) is 37.5. The van der Waals surface area contributed by atoms with Gasteiger partial charge in [0.2, 0.25) is 0 Å². The lowest BCUT2D eigenvalue weighted by atomic mass is 10.0. The molecule has 0 rings (SSSR count). The van der Waals surface area contributed by atoms with Gasteiger partial charge in [-0.15, -0.1) is 0 Å². The number of quaternary nitrogens is 1. The smallest absolute Gasteiger partial charge is 0.306 e. The van der Waals surface area contributed by atoms with Gasteiger partial charge < -0.3 is 33.3 Å². The maximum atomic E-state index is 12.9.